The molecule has 0 unspecified atom stereocenters. The summed E-state index contributed by atoms with van der Waals surface area (Å²) in [7, 11) is 0. The van der Waals surface area contributed by atoms with Crippen molar-refractivity contribution in [3.05, 3.63) is 75.8 Å². The maximum Gasteiger partial charge on any atom is 0.270 e. The van der Waals surface area contributed by atoms with Crippen LogP contribution in [0, 0.1) is 10.1 Å². The summed E-state index contributed by atoms with van der Waals surface area (Å²) in [5.74, 6) is -0.325. The first-order valence-electron chi connectivity index (χ1n) is 6.62. The molecule has 2 aromatic carbocycles. The molecule has 3 rings (SSSR count). The molecule has 0 saturated heterocycles. The van der Waals surface area contributed by atoms with E-state index in [0.29, 0.717) is 6.54 Å². The largest absolute Gasteiger partial charge is 0.285 e. The van der Waals surface area contributed by atoms with Crippen molar-refractivity contribution in [1.82, 2.24) is 0 Å². The van der Waals surface area contributed by atoms with E-state index < -0.39 is 10.7 Å². The number of ketones is 1. The van der Waals surface area contributed by atoms with Gasteiger partial charge in [-0.05, 0) is 5.56 Å². The van der Waals surface area contributed by atoms with Crippen molar-refractivity contribution in [2.45, 2.75) is 0 Å². The van der Waals surface area contributed by atoms with Crippen LogP contribution in [0.5, 0.6) is 0 Å². The Balaban J connectivity index is 1.86. The number of nitrogens with zero attached hydrogens (tertiary/aromatic N) is 3. The molecule has 6 nitrogen and oxygen atoms in total. The van der Waals surface area contributed by atoms with Crippen LogP contribution in [0.1, 0.15) is 15.9 Å². The normalized spacial score (nSPS) is 13.5. The Hall–Kier alpha value is -3.15. The minimum atomic E-state index is -0.536. The Morgan fingerprint density at radius 1 is 1.09 bits per heavy atom. The van der Waals surface area contributed by atoms with Gasteiger partial charge in [0.25, 0.3) is 5.69 Å². The number of carbonyl (C=O) groups is 1. The standard InChI is InChI=1S/C16H11N3O3/c20-15(12-7-4-8-13(9-12)19(21)22)16-17-10-14(18-16)11-5-2-1-3-6-11/h1-9H,10H2. The number of hydrogen-bond acceptors (Lipinski definition) is 5. The maximum absolute atomic E-state index is 12.3. The van der Waals surface area contributed by atoms with Crippen molar-refractivity contribution < 1.29 is 9.72 Å². The van der Waals surface area contributed by atoms with Gasteiger partial charge in [-0.2, -0.15) is 0 Å². The SMILES string of the molecule is O=C(C1=NCC(c2ccccc2)=N1)c1cccc([N+](=O)[O-])c1. The number of amidine groups is 1. The molecule has 0 spiro atoms. The molecule has 108 valence electrons. The van der Waals surface area contributed by atoms with Crippen molar-refractivity contribution in [1.29, 1.82) is 0 Å². The van der Waals surface area contributed by atoms with Crippen LogP contribution < -0.4 is 0 Å². The number of nitro groups is 1. The highest BCUT2D eigenvalue weighted by atomic mass is 16.6. The van der Waals surface area contributed by atoms with Crippen LogP contribution in [0.15, 0.2) is 64.6 Å². The second-order valence-electron chi connectivity index (χ2n) is 4.70. The van der Waals surface area contributed by atoms with E-state index in [9.17, 15) is 14.9 Å². The van der Waals surface area contributed by atoms with Gasteiger partial charge in [-0.3, -0.25) is 19.9 Å². The van der Waals surface area contributed by atoms with Crippen molar-refractivity contribution >= 4 is 23.0 Å². The minimum absolute atomic E-state index is 0.0827. The molecule has 0 amide bonds. The summed E-state index contributed by atoms with van der Waals surface area (Å²) in [6.45, 7) is 0.333. The topological polar surface area (TPSA) is 84.9 Å². The third-order valence-electron chi connectivity index (χ3n) is 3.25. The van der Waals surface area contributed by atoms with Gasteiger partial charge in [0.1, 0.15) is 0 Å². The smallest absolute Gasteiger partial charge is 0.270 e. The highest BCUT2D eigenvalue weighted by molar-refractivity contribution is 6.48. The Labute approximate surface area is 126 Å². The summed E-state index contributed by atoms with van der Waals surface area (Å²) in [6.07, 6.45) is 0. The van der Waals surface area contributed by atoms with Gasteiger partial charge in [0.05, 0.1) is 17.2 Å². The summed E-state index contributed by atoms with van der Waals surface area (Å²) < 4.78 is 0. The molecule has 0 saturated carbocycles. The zero-order chi connectivity index (χ0) is 15.5. The van der Waals surface area contributed by atoms with Crippen LogP contribution in [0.25, 0.3) is 0 Å². The summed E-state index contributed by atoms with van der Waals surface area (Å²) in [4.78, 5) is 31.0. The molecule has 0 fully saturated rings. The van der Waals surface area contributed by atoms with Gasteiger partial charge in [-0.25, -0.2) is 4.99 Å². The van der Waals surface area contributed by atoms with Crippen LogP contribution in [-0.4, -0.2) is 28.8 Å². The minimum Gasteiger partial charge on any atom is -0.285 e. The van der Waals surface area contributed by atoms with Gasteiger partial charge >= 0.3 is 0 Å². The molecule has 0 bridgehead atoms. The molecule has 1 aliphatic heterocycles. The number of hydrogen-bond donors (Lipinski definition) is 0. The summed E-state index contributed by atoms with van der Waals surface area (Å²) in [5, 5.41) is 10.8. The first-order valence-corrected chi connectivity index (χ1v) is 6.62. The summed E-state index contributed by atoms with van der Waals surface area (Å²) in [6, 6.07) is 15.0. The summed E-state index contributed by atoms with van der Waals surface area (Å²) >= 11 is 0. The van der Waals surface area contributed by atoms with E-state index in [-0.39, 0.29) is 17.1 Å². The summed E-state index contributed by atoms with van der Waals surface area (Å²) in [5.41, 5.74) is 1.71. The van der Waals surface area contributed by atoms with Crippen LogP contribution in [-0.2, 0) is 0 Å². The first-order chi connectivity index (χ1) is 10.6. The highest BCUT2D eigenvalue weighted by Crippen LogP contribution is 2.16. The van der Waals surface area contributed by atoms with Gasteiger partial charge in [-0.1, -0.05) is 42.5 Å². The molecule has 22 heavy (non-hydrogen) atoms. The second-order valence-corrected chi connectivity index (χ2v) is 4.70. The van der Waals surface area contributed by atoms with Crippen LogP contribution in [0.2, 0.25) is 0 Å². The van der Waals surface area contributed by atoms with Crippen molar-refractivity contribution in [2.24, 2.45) is 9.98 Å². The fourth-order valence-corrected chi connectivity index (χ4v) is 2.15. The van der Waals surface area contributed by atoms with Crippen LogP contribution in [0.4, 0.5) is 5.69 Å². The predicted octanol–water partition coefficient (Wildman–Crippen LogP) is 2.68. The average Bonchev–Trinajstić information content (AvgIpc) is 3.05. The molecule has 0 N–H and O–H groups in total. The van der Waals surface area contributed by atoms with E-state index in [2.05, 4.69) is 9.98 Å². The van der Waals surface area contributed by atoms with E-state index in [1.54, 1.807) is 0 Å². The fourth-order valence-electron chi connectivity index (χ4n) is 2.15. The lowest BCUT2D eigenvalue weighted by Gasteiger charge is -1.99. The number of benzene rings is 2. The number of nitro benzene ring substituents is 1. The first kappa shape index (κ1) is 13.8. The molecule has 6 heteroatoms. The van der Waals surface area contributed by atoms with E-state index in [4.69, 9.17) is 0 Å². The molecule has 1 aliphatic rings. The highest BCUT2D eigenvalue weighted by Gasteiger charge is 2.21. The lowest BCUT2D eigenvalue weighted by Crippen LogP contribution is -2.11. The van der Waals surface area contributed by atoms with Crippen molar-refractivity contribution in [3.8, 4) is 0 Å². The van der Waals surface area contributed by atoms with Crippen LogP contribution in [0.3, 0.4) is 0 Å². The number of rotatable bonds is 4. The van der Waals surface area contributed by atoms with Gasteiger partial charge in [0.15, 0.2) is 5.84 Å². The number of Topliss-reactive ketones (excluding diaryl/α,β-unsaturated/α-hetero) is 1. The second kappa shape index (κ2) is 5.69. The molecule has 0 radical (unpaired) electrons. The third-order valence-corrected chi connectivity index (χ3v) is 3.25. The molecule has 2 aromatic rings. The third kappa shape index (κ3) is 2.67. The van der Waals surface area contributed by atoms with Gasteiger partial charge in [0.2, 0.25) is 5.78 Å². The Morgan fingerprint density at radius 3 is 2.59 bits per heavy atom. The van der Waals surface area contributed by atoms with E-state index >= 15 is 0 Å². The molecule has 0 aromatic heterocycles. The predicted molar refractivity (Wildman–Crippen MR) is 82.7 cm³/mol. The Kier molecular flexibility index (Phi) is 3.57. The van der Waals surface area contributed by atoms with E-state index in [1.165, 1.54) is 24.3 Å². The number of carbonyl (C=O) groups excluding carboxylic acids is 1. The van der Waals surface area contributed by atoms with Crippen LogP contribution >= 0.6 is 0 Å². The molecular formula is C16H11N3O3. The number of non-ortho nitro benzene ring substituents is 1. The van der Waals surface area contributed by atoms with Gasteiger partial charge < -0.3 is 0 Å². The zero-order valence-electron chi connectivity index (χ0n) is 11.5. The zero-order valence-corrected chi connectivity index (χ0v) is 11.5. The average molecular weight is 293 g/mol. The molecule has 0 aliphatic carbocycles. The fraction of sp³-hybridized carbons (Fsp3) is 0.0625. The molecule has 1 heterocycles. The van der Waals surface area contributed by atoms with Gasteiger partial charge in [-0.15, -0.1) is 0 Å². The Morgan fingerprint density at radius 2 is 1.86 bits per heavy atom. The Bertz CT molecular complexity index is 810. The van der Waals surface area contributed by atoms with E-state index in [1.807, 2.05) is 30.3 Å². The number of aliphatic imine (C=N–C) groups is 2. The van der Waals surface area contributed by atoms with Gasteiger partial charge in [0, 0.05) is 17.7 Å². The molecular weight excluding hydrogens is 282 g/mol. The maximum atomic E-state index is 12.3. The van der Waals surface area contributed by atoms with E-state index in [0.717, 1.165) is 11.3 Å². The monoisotopic (exact) mass is 293 g/mol. The van der Waals surface area contributed by atoms with Crippen molar-refractivity contribution in [3.63, 3.8) is 0 Å². The lowest BCUT2D eigenvalue weighted by atomic mass is 10.1. The quantitative estimate of drug-likeness (QED) is 0.493. The van der Waals surface area contributed by atoms with Crippen molar-refractivity contribution in [2.75, 3.05) is 6.54 Å². The lowest BCUT2D eigenvalue weighted by molar-refractivity contribution is -0.384. The molecule has 0 atom stereocenters.